The molecule has 7 nitrogen and oxygen atoms in total. The number of nitrogens with zero attached hydrogens (tertiary/aromatic N) is 3. The number of rotatable bonds is 11. The topological polar surface area (TPSA) is 87.5 Å². The Kier molecular flexibility index (Phi) is 9.64. The van der Waals surface area contributed by atoms with E-state index in [2.05, 4.69) is 67.1 Å². The molecule has 0 amide bonds. The molecule has 5 aromatic rings. The van der Waals surface area contributed by atoms with E-state index in [9.17, 15) is 13.5 Å². The highest BCUT2D eigenvalue weighted by molar-refractivity contribution is 7.91. The number of aliphatic hydroxyl groups excluding tert-OH is 1. The normalized spacial score (nSPS) is 14.0. The fraction of sp³-hybridized carbons (Fsp3) is 0.216. The number of nitrogens with one attached hydrogen (secondary N) is 1. The van der Waals surface area contributed by atoms with Gasteiger partial charge < -0.3 is 9.67 Å². The van der Waals surface area contributed by atoms with Crippen molar-refractivity contribution >= 4 is 39.1 Å². The van der Waals surface area contributed by atoms with E-state index in [1.807, 2.05) is 22.9 Å². The Morgan fingerprint density at radius 1 is 0.851 bits per heavy atom. The molecule has 1 aliphatic heterocycles. The van der Waals surface area contributed by atoms with Gasteiger partial charge in [0.2, 0.25) is 5.88 Å². The maximum atomic E-state index is 12.6. The Balaban J connectivity index is 1.27. The molecule has 0 aliphatic carbocycles. The van der Waals surface area contributed by atoms with Crippen molar-refractivity contribution in [1.29, 1.82) is 0 Å². The van der Waals surface area contributed by atoms with Gasteiger partial charge in [-0.1, -0.05) is 104 Å². The third kappa shape index (κ3) is 7.67. The summed E-state index contributed by atoms with van der Waals surface area (Å²) in [6.45, 7) is 4.55. The molecule has 47 heavy (non-hydrogen) atoms. The summed E-state index contributed by atoms with van der Waals surface area (Å²) >= 11 is 12.7. The van der Waals surface area contributed by atoms with Gasteiger partial charge in [0.1, 0.15) is 5.82 Å². The number of anilines is 1. The average molecular weight is 688 g/mol. The van der Waals surface area contributed by atoms with Crippen molar-refractivity contribution in [2.24, 2.45) is 5.92 Å². The zero-order valence-corrected chi connectivity index (χ0v) is 28.5. The molecule has 242 valence electrons. The molecule has 1 aliphatic rings. The van der Waals surface area contributed by atoms with Crippen LogP contribution in [-0.2, 0) is 23.1 Å². The predicted molar refractivity (Wildman–Crippen MR) is 191 cm³/mol. The van der Waals surface area contributed by atoms with Crippen molar-refractivity contribution in [2.75, 3.05) is 4.31 Å². The lowest BCUT2D eigenvalue weighted by atomic mass is 9.99. The van der Waals surface area contributed by atoms with Crippen molar-refractivity contribution in [3.8, 4) is 28.1 Å². The molecule has 0 fully saturated rings. The van der Waals surface area contributed by atoms with E-state index in [-0.39, 0.29) is 0 Å². The Labute approximate surface area is 286 Å². The van der Waals surface area contributed by atoms with E-state index < -0.39 is 16.1 Å². The molecule has 0 radical (unpaired) electrons. The molecule has 4 aromatic carbocycles. The number of hydrogen-bond donors (Lipinski definition) is 2. The Morgan fingerprint density at radius 2 is 1.53 bits per heavy atom. The summed E-state index contributed by atoms with van der Waals surface area (Å²) < 4.78 is 30.1. The van der Waals surface area contributed by atoms with Crippen molar-refractivity contribution in [3.63, 3.8) is 0 Å². The van der Waals surface area contributed by atoms with Gasteiger partial charge in [0.25, 0.3) is 0 Å². The highest BCUT2D eigenvalue weighted by atomic mass is 35.5. The number of aromatic nitrogens is 2. The quantitative estimate of drug-likeness (QED) is 0.136. The molecule has 0 unspecified atom stereocenters. The number of benzene rings is 4. The summed E-state index contributed by atoms with van der Waals surface area (Å²) in [6.07, 6.45) is 8.38. The molecule has 10 heteroatoms. The van der Waals surface area contributed by atoms with Crippen LogP contribution < -0.4 is 9.03 Å². The molecule has 1 aromatic heterocycles. The maximum Gasteiger partial charge on any atom is 0.330 e. The minimum absolute atomic E-state index is 0.357. The Morgan fingerprint density at radius 3 is 2.17 bits per heavy atom. The lowest BCUT2D eigenvalue weighted by Crippen LogP contribution is -2.29. The summed E-state index contributed by atoms with van der Waals surface area (Å²) in [5.41, 5.74) is 7.17. The number of aliphatic hydroxyl groups is 1. The number of hydrogen-bond acceptors (Lipinski definition) is 4. The lowest BCUT2D eigenvalue weighted by molar-refractivity contribution is 0.392. The summed E-state index contributed by atoms with van der Waals surface area (Å²) in [5.74, 6) is 1.04. The van der Waals surface area contributed by atoms with Crippen LogP contribution >= 0.6 is 23.2 Å². The van der Waals surface area contributed by atoms with Crippen molar-refractivity contribution in [2.45, 2.75) is 46.0 Å². The second kappa shape index (κ2) is 13.9. The third-order valence-corrected chi connectivity index (χ3v) is 10.0. The van der Waals surface area contributed by atoms with E-state index >= 15 is 0 Å². The number of halogens is 2. The maximum absolute atomic E-state index is 12.6. The molecule has 2 N–H and O–H groups in total. The number of unbranched alkanes of at least 4 members (excludes halogenated alkanes) is 1. The van der Waals surface area contributed by atoms with Crippen LogP contribution in [0.25, 0.3) is 28.1 Å². The van der Waals surface area contributed by atoms with Gasteiger partial charge in [-0.25, -0.2) is 14.0 Å². The van der Waals surface area contributed by atoms with Gasteiger partial charge in [0, 0.05) is 28.9 Å². The molecule has 0 atom stereocenters. The highest BCUT2D eigenvalue weighted by Crippen LogP contribution is 2.33. The molecular weight excluding hydrogens is 651 g/mol. The highest BCUT2D eigenvalue weighted by Gasteiger charge is 2.29. The van der Waals surface area contributed by atoms with Crippen molar-refractivity contribution in [3.05, 3.63) is 136 Å². The molecule has 2 heterocycles. The van der Waals surface area contributed by atoms with Gasteiger partial charge in [-0.3, -0.25) is 0 Å². The summed E-state index contributed by atoms with van der Waals surface area (Å²) in [7, 11) is -3.95. The van der Waals surface area contributed by atoms with Gasteiger partial charge >= 0.3 is 10.2 Å². The molecule has 0 saturated carbocycles. The summed E-state index contributed by atoms with van der Waals surface area (Å²) in [4.78, 5) is 4.98. The lowest BCUT2D eigenvalue weighted by Gasteiger charge is -2.16. The third-order valence-electron chi connectivity index (χ3n) is 8.18. The monoisotopic (exact) mass is 686 g/mol. The number of aryl methyl sites for hydroxylation is 1. The molecule has 0 bridgehead atoms. The molecular formula is C37H36Cl2N4O3S. The largest absolute Gasteiger partial charge is 0.493 e. The average Bonchev–Trinajstić information content (AvgIpc) is 3.58. The summed E-state index contributed by atoms with van der Waals surface area (Å²) in [6, 6.07) is 29.6. The minimum atomic E-state index is -3.95. The number of imidazole rings is 1. The van der Waals surface area contributed by atoms with E-state index in [0.29, 0.717) is 33.5 Å². The second-order valence-corrected chi connectivity index (χ2v) is 14.6. The van der Waals surface area contributed by atoms with Crippen LogP contribution in [0.2, 0.25) is 10.0 Å². The second-order valence-electron chi connectivity index (χ2n) is 12.2. The van der Waals surface area contributed by atoms with E-state index in [1.165, 1.54) is 30.4 Å². The first kappa shape index (κ1) is 32.7. The van der Waals surface area contributed by atoms with Crippen LogP contribution in [0, 0.1) is 5.92 Å². The fourth-order valence-electron chi connectivity index (χ4n) is 5.72. The first-order valence-electron chi connectivity index (χ1n) is 15.6. The minimum Gasteiger partial charge on any atom is -0.493 e. The smallest absolute Gasteiger partial charge is 0.330 e. The van der Waals surface area contributed by atoms with E-state index in [1.54, 1.807) is 30.3 Å². The first-order chi connectivity index (χ1) is 22.6. The Bertz CT molecular complexity index is 2020. The zero-order chi connectivity index (χ0) is 33.1. The van der Waals surface area contributed by atoms with Gasteiger partial charge in [0.05, 0.1) is 22.6 Å². The molecule has 0 spiro atoms. The zero-order valence-electron chi connectivity index (χ0n) is 26.2. The van der Waals surface area contributed by atoms with Crippen LogP contribution in [0.15, 0.2) is 109 Å². The van der Waals surface area contributed by atoms with Crippen LogP contribution in [0.4, 0.5) is 5.69 Å². The summed E-state index contributed by atoms with van der Waals surface area (Å²) in [5, 5.41) is 10.8. The van der Waals surface area contributed by atoms with Crippen LogP contribution in [0.1, 0.15) is 50.1 Å². The molecule has 0 saturated heterocycles. The van der Waals surface area contributed by atoms with Crippen molar-refractivity contribution < 1.29 is 13.5 Å². The van der Waals surface area contributed by atoms with Gasteiger partial charge in [0.15, 0.2) is 0 Å². The Hall–Kier alpha value is -4.24. The van der Waals surface area contributed by atoms with Crippen molar-refractivity contribution in [1.82, 2.24) is 14.3 Å². The van der Waals surface area contributed by atoms with Gasteiger partial charge in [-0.05, 0) is 77.4 Å². The standard InChI is InChI=1S/C37H36Cl2N4O3S/c1-25(2)6-3-4-7-26-10-14-28(15-11-26)29-16-12-27(13-17-29)20-36-40-35(33-19-18-30(38)21-34(33)39)23-42(36)31-8-5-9-32(22-31)43-24-37(44)41-47(43,45)46/h5,8-19,21-25,41,44H,3-4,6-7,20H2,1-2H3. The van der Waals surface area contributed by atoms with Crippen LogP contribution in [0.3, 0.4) is 0 Å². The first-order valence-corrected chi connectivity index (χ1v) is 17.8. The van der Waals surface area contributed by atoms with Crippen LogP contribution in [-0.4, -0.2) is 23.1 Å². The fourth-order valence-corrected chi connectivity index (χ4v) is 7.27. The van der Waals surface area contributed by atoms with E-state index in [0.717, 1.165) is 45.4 Å². The van der Waals surface area contributed by atoms with Crippen LogP contribution in [0.5, 0.6) is 0 Å². The predicted octanol–water partition coefficient (Wildman–Crippen LogP) is 9.48. The molecule has 6 rings (SSSR count). The van der Waals surface area contributed by atoms with E-state index in [4.69, 9.17) is 28.2 Å². The van der Waals surface area contributed by atoms with Gasteiger partial charge in [-0.15, -0.1) is 0 Å². The van der Waals surface area contributed by atoms with Gasteiger partial charge in [-0.2, -0.15) is 8.42 Å². The SMILES string of the molecule is CC(C)CCCCc1ccc(-c2ccc(Cc3nc(-c4ccc(Cl)cc4Cl)cn3-c3cccc(N4C=C(O)NS4(=O)=O)c3)cc2)cc1.